The maximum Gasteiger partial charge on any atom is 0.276 e. The predicted octanol–water partition coefficient (Wildman–Crippen LogP) is 2.50. The van der Waals surface area contributed by atoms with Crippen LogP contribution in [0.2, 0.25) is 0 Å². The highest BCUT2D eigenvalue weighted by molar-refractivity contribution is 7.14. The van der Waals surface area contributed by atoms with Crippen LogP contribution in [0.5, 0.6) is 0 Å². The predicted molar refractivity (Wildman–Crippen MR) is 72.8 cm³/mol. The number of nitrogens with two attached hydrogens (primary N) is 1. The van der Waals surface area contributed by atoms with E-state index < -0.39 is 0 Å². The summed E-state index contributed by atoms with van der Waals surface area (Å²) in [6.07, 6.45) is 1.51. The van der Waals surface area contributed by atoms with E-state index in [1.165, 1.54) is 23.6 Å². The van der Waals surface area contributed by atoms with Crippen molar-refractivity contribution in [3.05, 3.63) is 35.1 Å². The third-order valence-electron chi connectivity index (χ3n) is 2.35. The Morgan fingerprint density at radius 2 is 2.28 bits per heavy atom. The highest BCUT2D eigenvalue weighted by atomic mass is 32.1. The summed E-state index contributed by atoms with van der Waals surface area (Å²) in [4.78, 5) is 20.2. The molecule has 2 aromatic heterocycles. The summed E-state index contributed by atoms with van der Waals surface area (Å²) in [5.41, 5.74) is 7.37. The Balaban J connectivity index is 2.11. The lowest BCUT2D eigenvalue weighted by atomic mass is 10.2. The minimum absolute atomic E-state index is 0.288. The number of nitrogen functional groups attached to an aromatic ring is 1. The second kappa shape index (κ2) is 5.14. The van der Waals surface area contributed by atoms with Crippen molar-refractivity contribution in [1.82, 2.24) is 9.97 Å². The van der Waals surface area contributed by atoms with E-state index >= 15 is 0 Å². The van der Waals surface area contributed by atoms with Crippen molar-refractivity contribution in [3.63, 3.8) is 0 Å². The van der Waals surface area contributed by atoms with Crippen LogP contribution in [-0.4, -0.2) is 15.9 Å². The van der Waals surface area contributed by atoms with E-state index in [0.717, 1.165) is 5.69 Å². The first kappa shape index (κ1) is 12.5. The summed E-state index contributed by atoms with van der Waals surface area (Å²) in [6.45, 7) is 4.11. The van der Waals surface area contributed by atoms with E-state index in [4.69, 9.17) is 5.73 Å². The molecule has 0 aliphatic rings. The molecular weight excluding hydrogens is 248 g/mol. The van der Waals surface area contributed by atoms with E-state index in [0.29, 0.717) is 16.7 Å². The molecule has 6 heteroatoms. The lowest BCUT2D eigenvalue weighted by molar-refractivity contribution is 0.102. The minimum Gasteiger partial charge on any atom is -0.399 e. The molecule has 3 N–H and O–H groups in total. The molecule has 0 bridgehead atoms. The molecule has 0 atom stereocenters. The largest absolute Gasteiger partial charge is 0.399 e. The van der Waals surface area contributed by atoms with Crippen LogP contribution < -0.4 is 11.1 Å². The van der Waals surface area contributed by atoms with Crippen molar-refractivity contribution in [2.45, 2.75) is 19.8 Å². The Labute approximate surface area is 109 Å². The molecule has 1 amide bonds. The standard InChI is InChI=1S/C12H14N4OS/c1-7(2)10-6-18-12(15-10)16-11(17)9-5-8(13)3-4-14-9/h3-7H,1-2H3,(H2,13,14)(H,15,16,17). The molecule has 0 saturated heterocycles. The average molecular weight is 262 g/mol. The van der Waals surface area contributed by atoms with Gasteiger partial charge in [0, 0.05) is 17.3 Å². The van der Waals surface area contributed by atoms with Crippen LogP contribution in [0.4, 0.5) is 10.8 Å². The number of carbonyl (C=O) groups is 1. The van der Waals surface area contributed by atoms with Gasteiger partial charge in [0.15, 0.2) is 5.13 Å². The van der Waals surface area contributed by atoms with E-state index in [1.807, 2.05) is 5.38 Å². The van der Waals surface area contributed by atoms with Gasteiger partial charge in [-0.15, -0.1) is 11.3 Å². The molecule has 0 fully saturated rings. The van der Waals surface area contributed by atoms with Gasteiger partial charge in [-0.1, -0.05) is 13.8 Å². The molecule has 0 aliphatic heterocycles. The number of thiazole rings is 1. The normalized spacial score (nSPS) is 10.6. The van der Waals surface area contributed by atoms with Crippen LogP contribution in [0.25, 0.3) is 0 Å². The van der Waals surface area contributed by atoms with E-state index in [-0.39, 0.29) is 11.6 Å². The first-order valence-corrected chi connectivity index (χ1v) is 6.42. The molecule has 94 valence electrons. The second-order valence-corrected chi connectivity index (χ2v) is 5.02. The van der Waals surface area contributed by atoms with Crippen molar-refractivity contribution >= 4 is 28.1 Å². The molecule has 0 aliphatic carbocycles. The molecule has 2 aromatic rings. The lowest BCUT2D eigenvalue weighted by Gasteiger charge is -2.02. The number of rotatable bonds is 3. The fourth-order valence-electron chi connectivity index (χ4n) is 1.34. The van der Waals surface area contributed by atoms with Crippen LogP contribution in [0.15, 0.2) is 23.7 Å². The summed E-state index contributed by atoms with van der Waals surface area (Å²) in [6, 6.07) is 3.17. The van der Waals surface area contributed by atoms with Gasteiger partial charge in [0.05, 0.1) is 5.69 Å². The van der Waals surface area contributed by atoms with Crippen LogP contribution in [0.1, 0.15) is 35.9 Å². The quantitative estimate of drug-likeness (QED) is 0.890. The van der Waals surface area contributed by atoms with Gasteiger partial charge in [0.25, 0.3) is 5.91 Å². The van der Waals surface area contributed by atoms with Gasteiger partial charge in [-0.2, -0.15) is 0 Å². The highest BCUT2D eigenvalue weighted by Gasteiger charge is 2.11. The van der Waals surface area contributed by atoms with Crippen LogP contribution in [-0.2, 0) is 0 Å². The summed E-state index contributed by atoms with van der Waals surface area (Å²) in [5.74, 6) is 0.0457. The molecule has 0 saturated carbocycles. The number of hydrogen-bond donors (Lipinski definition) is 2. The fourth-order valence-corrected chi connectivity index (χ4v) is 2.21. The number of pyridine rings is 1. The molecule has 2 rings (SSSR count). The zero-order chi connectivity index (χ0) is 13.1. The summed E-state index contributed by atoms with van der Waals surface area (Å²) in [7, 11) is 0. The highest BCUT2D eigenvalue weighted by Crippen LogP contribution is 2.21. The second-order valence-electron chi connectivity index (χ2n) is 4.16. The van der Waals surface area contributed by atoms with Crippen molar-refractivity contribution < 1.29 is 4.79 Å². The Morgan fingerprint density at radius 3 is 2.89 bits per heavy atom. The van der Waals surface area contributed by atoms with Crippen molar-refractivity contribution in [2.75, 3.05) is 11.1 Å². The molecule has 0 aromatic carbocycles. The molecule has 0 unspecified atom stereocenters. The minimum atomic E-state index is -0.299. The third kappa shape index (κ3) is 2.84. The van der Waals surface area contributed by atoms with Crippen LogP contribution in [0.3, 0.4) is 0 Å². The van der Waals surface area contributed by atoms with Gasteiger partial charge in [0.1, 0.15) is 5.69 Å². The molecule has 2 heterocycles. The Bertz CT molecular complexity index is 565. The first-order chi connectivity index (χ1) is 8.56. The maximum absolute atomic E-state index is 11.9. The van der Waals surface area contributed by atoms with Crippen molar-refractivity contribution in [2.24, 2.45) is 0 Å². The average Bonchev–Trinajstić information content (AvgIpc) is 2.77. The summed E-state index contributed by atoms with van der Waals surface area (Å²) in [5, 5.41) is 5.23. The van der Waals surface area contributed by atoms with Gasteiger partial charge in [-0.25, -0.2) is 4.98 Å². The monoisotopic (exact) mass is 262 g/mol. The fraction of sp³-hybridized carbons (Fsp3) is 0.250. The van der Waals surface area contributed by atoms with Gasteiger partial charge < -0.3 is 5.73 Å². The maximum atomic E-state index is 11.9. The molecule has 0 radical (unpaired) electrons. The Kier molecular flexibility index (Phi) is 3.57. The SMILES string of the molecule is CC(C)c1csc(NC(=O)c2cc(N)ccn2)n1. The number of amides is 1. The Morgan fingerprint density at radius 1 is 1.50 bits per heavy atom. The van der Waals surface area contributed by atoms with Crippen molar-refractivity contribution in [3.8, 4) is 0 Å². The van der Waals surface area contributed by atoms with Crippen molar-refractivity contribution in [1.29, 1.82) is 0 Å². The topological polar surface area (TPSA) is 80.9 Å². The number of nitrogens with one attached hydrogen (secondary N) is 1. The molecule has 0 spiro atoms. The van der Waals surface area contributed by atoms with E-state index in [2.05, 4.69) is 29.1 Å². The molecule has 5 nitrogen and oxygen atoms in total. The van der Waals surface area contributed by atoms with E-state index in [1.54, 1.807) is 6.07 Å². The Hall–Kier alpha value is -1.95. The lowest BCUT2D eigenvalue weighted by Crippen LogP contribution is -2.13. The zero-order valence-corrected chi connectivity index (χ0v) is 11.0. The van der Waals surface area contributed by atoms with Gasteiger partial charge in [-0.05, 0) is 18.1 Å². The number of anilines is 2. The summed E-state index contributed by atoms with van der Waals surface area (Å²) >= 11 is 1.40. The summed E-state index contributed by atoms with van der Waals surface area (Å²) < 4.78 is 0. The zero-order valence-electron chi connectivity index (χ0n) is 10.2. The number of carbonyl (C=O) groups excluding carboxylic acids is 1. The number of hydrogen-bond acceptors (Lipinski definition) is 5. The first-order valence-electron chi connectivity index (χ1n) is 5.54. The van der Waals surface area contributed by atoms with Gasteiger partial charge in [0.2, 0.25) is 0 Å². The van der Waals surface area contributed by atoms with E-state index in [9.17, 15) is 4.79 Å². The molecule has 18 heavy (non-hydrogen) atoms. The number of nitrogens with zero attached hydrogens (tertiary/aromatic N) is 2. The smallest absolute Gasteiger partial charge is 0.276 e. The van der Waals surface area contributed by atoms with Gasteiger partial charge >= 0.3 is 0 Å². The van der Waals surface area contributed by atoms with Gasteiger partial charge in [-0.3, -0.25) is 15.1 Å². The number of aromatic nitrogens is 2. The van der Waals surface area contributed by atoms with Crippen LogP contribution in [0, 0.1) is 0 Å². The van der Waals surface area contributed by atoms with Crippen LogP contribution >= 0.6 is 11.3 Å². The third-order valence-corrected chi connectivity index (χ3v) is 3.13. The molecular formula is C12H14N4OS.